The SMILES string of the molecule is CNS(=O)(=O)c1cc(NC(=O)C2COCCN2)ccc1C. The lowest BCUT2D eigenvalue weighted by Gasteiger charge is -2.23. The van der Waals surface area contributed by atoms with Gasteiger partial charge in [-0.05, 0) is 31.7 Å². The fourth-order valence-electron chi connectivity index (χ4n) is 2.04. The second kappa shape index (κ2) is 6.52. The number of hydrogen-bond acceptors (Lipinski definition) is 5. The Morgan fingerprint density at radius 1 is 1.43 bits per heavy atom. The highest BCUT2D eigenvalue weighted by Gasteiger charge is 2.22. The van der Waals surface area contributed by atoms with Gasteiger partial charge < -0.3 is 15.4 Å². The molecule has 8 heteroatoms. The van der Waals surface area contributed by atoms with Crippen molar-refractivity contribution >= 4 is 21.6 Å². The number of anilines is 1. The maximum atomic E-state index is 12.1. The highest BCUT2D eigenvalue weighted by Crippen LogP contribution is 2.20. The zero-order chi connectivity index (χ0) is 15.5. The second-order valence-corrected chi connectivity index (χ2v) is 6.61. The number of hydrogen-bond donors (Lipinski definition) is 3. The summed E-state index contributed by atoms with van der Waals surface area (Å²) in [5.41, 5.74) is 1.05. The molecule has 7 nitrogen and oxygen atoms in total. The molecule has 0 aliphatic carbocycles. The van der Waals surface area contributed by atoms with Crippen LogP contribution in [0, 0.1) is 6.92 Å². The van der Waals surface area contributed by atoms with E-state index in [0.29, 0.717) is 31.0 Å². The van der Waals surface area contributed by atoms with E-state index in [4.69, 9.17) is 4.74 Å². The minimum absolute atomic E-state index is 0.149. The van der Waals surface area contributed by atoms with Gasteiger partial charge in [-0.15, -0.1) is 0 Å². The van der Waals surface area contributed by atoms with Crippen LogP contribution in [0.15, 0.2) is 23.1 Å². The van der Waals surface area contributed by atoms with Crippen molar-refractivity contribution in [3.63, 3.8) is 0 Å². The van der Waals surface area contributed by atoms with Crippen molar-refractivity contribution in [1.82, 2.24) is 10.0 Å². The fourth-order valence-corrected chi connectivity index (χ4v) is 3.03. The average Bonchev–Trinajstić information content (AvgIpc) is 2.50. The Morgan fingerprint density at radius 3 is 2.81 bits per heavy atom. The summed E-state index contributed by atoms with van der Waals surface area (Å²) in [4.78, 5) is 12.2. The first-order valence-corrected chi connectivity index (χ1v) is 8.08. The predicted octanol–water partition coefficient (Wildman–Crippen LogP) is -0.170. The van der Waals surface area contributed by atoms with Gasteiger partial charge in [0.05, 0.1) is 18.1 Å². The number of benzene rings is 1. The van der Waals surface area contributed by atoms with Crippen molar-refractivity contribution in [2.45, 2.75) is 17.9 Å². The Morgan fingerprint density at radius 2 is 2.19 bits per heavy atom. The number of morpholine rings is 1. The van der Waals surface area contributed by atoms with Crippen LogP contribution in [0.4, 0.5) is 5.69 Å². The van der Waals surface area contributed by atoms with Crippen LogP contribution in [-0.2, 0) is 19.6 Å². The van der Waals surface area contributed by atoms with Gasteiger partial charge in [0.15, 0.2) is 0 Å². The van der Waals surface area contributed by atoms with Crippen molar-refractivity contribution < 1.29 is 17.9 Å². The Balaban J connectivity index is 2.17. The highest BCUT2D eigenvalue weighted by atomic mass is 32.2. The number of sulfonamides is 1. The van der Waals surface area contributed by atoms with Crippen LogP contribution in [0.25, 0.3) is 0 Å². The van der Waals surface area contributed by atoms with Crippen LogP contribution in [0.3, 0.4) is 0 Å². The predicted molar refractivity (Wildman–Crippen MR) is 78.7 cm³/mol. The number of carbonyl (C=O) groups is 1. The highest BCUT2D eigenvalue weighted by molar-refractivity contribution is 7.89. The molecule has 0 aromatic heterocycles. The molecule has 1 atom stereocenters. The third-order valence-electron chi connectivity index (χ3n) is 3.25. The summed E-state index contributed by atoms with van der Waals surface area (Å²) in [5, 5.41) is 5.74. The summed E-state index contributed by atoms with van der Waals surface area (Å²) in [6.07, 6.45) is 0. The quantitative estimate of drug-likeness (QED) is 0.717. The second-order valence-electron chi connectivity index (χ2n) is 4.76. The minimum atomic E-state index is -3.55. The first-order valence-electron chi connectivity index (χ1n) is 6.60. The van der Waals surface area contributed by atoms with E-state index >= 15 is 0 Å². The van der Waals surface area contributed by atoms with Gasteiger partial charge in [-0.1, -0.05) is 6.07 Å². The van der Waals surface area contributed by atoms with Gasteiger partial charge in [0.1, 0.15) is 6.04 Å². The number of aryl methyl sites for hydroxylation is 1. The zero-order valence-corrected chi connectivity index (χ0v) is 12.8. The number of carbonyl (C=O) groups excluding carboxylic acids is 1. The standard InChI is InChI=1S/C13H19N3O4S/c1-9-3-4-10(7-12(9)21(18,19)14-2)16-13(17)11-8-20-6-5-15-11/h3-4,7,11,14-15H,5-6,8H2,1-2H3,(H,16,17). The van der Waals surface area contributed by atoms with E-state index < -0.39 is 16.1 Å². The Labute approximate surface area is 124 Å². The molecular formula is C13H19N3O4S. The van der Waals surface area contributed by atoms with Gasteiger partial charge in [-0.3, -0.25) is 4.79 Å². The van der Waals surface area contributed by atoms with Gasteiger partial charge in [0, 0.05) is 12.2 Å². The van der Waals surface area contributed by atoms with Crippen LogP contribution in [-0.4, -0.2) is 47.2 Å². The summed E-state index contributed by atoms with van der Waals surface area (Å²) in [6, 6.07) is 4.35. The van der Waals surface area contributed by atoms with E-state index in [1.165, 1.54) is 13.1 Å². The monoisotopic (exact) mass is 313 g/mol. The van der Waals surface area contributed by atoms with Crippen LogP contribution < -0.4 is 15.4 Å². The maximum absolute atomic E-state index is 12.1. The van der Waals surface area contributed by atoms with Crippen LogP contribution >= 0.6 is 0 Å². The first-order chi connectivity index (χ1) is 9.94. The molecule has 1 amide bonds. The summed E-state index contributed by atoms with van der Waals surface area (Å²) in [7, 11) is -2.20. The molecule has 0 saturated carbocycles. The molecule has 1 aromatic rings. The van der Waals surface area contributed by atoms with Crippen LogP contribution in [0.2, 0.25) is 0 Å². The number of ether oxygens (including phenoxy) is 1. The van der Waals surface area contributed by atoms with Gasteiger partial charge in [0.25, 0.3) is 0 Å². The molecule has 1 unspecified atom stereocenters. The molecule has 0 spiro atoms. The summed E-state index contributed by atoms with van der Waals surface area (Å²) >= 11 is 0. The van der Waals surface area contributed by atoms with Crippen molar-refractivity contribution in [1.29, 1.82) is 0 Å². The van der Waals surface area contributed by atoms with E-state index in [-0.39, 0.29) is 10.8 Å². The normalized spacial score (nSPS) is 19.2. The summed E-state index contributed by atoms with van der Waals surface area (Å²) < 4.78 is 31.3. The van der Waals surface area contributed by atoms with Gasteiger partial charge in [0.2, 0.25) is 15.9 Å². The van der Waals surface area contributed by atoms with E-state index in [2.05, 4.69) is 15.4 Å². The molecule has 0 radical (unpaired) electrons. The lowest BCUT2D eigenvalue weighted by molar-refractivity contribution is -0.120. The molecule has 21 heavy (non-hydrogen) atoms. The molecule has 0 bridgehead atoms. The summed E-state index contributed by atoms with van der Waals surface area (Å²) in [6.45, 7) is 3.20. The van der Waals surface area contributed by atoms with E-state index in [9.17, 15) is 13.2 Å². The lowest BCUT2D eigenvalue weighted by Crippen LogP contribution is -2.48. The molecule has 1 aliphatic heterocycles. The Bertz CT molecular complexity index is 624. The van der Waals surface area contributed by atoms with Crippen molar-refractivity contribution in [3.8, 4) is 0 Å². The van der Waals surface area contributed by atoms with E-state index in [1.54, 1.807) is 19.1 Å². The van der Waals surface area contributed by atoms with Gasteiger partial charge >= 0.3 is 0 Å². The smallest absolute Gasteiger partial charge is 0.243 e. The molecule has 1 aromatic carbocycles. The van der Waals surface area contributed by atoms with Crippen molar-refractivity contribution in [2.75, 3.05) is 32.1 Å². The Hall–Kier alpha value is -1.48. The molecule has 3 N–H and O–H groups in total. The van der Waals surface area contributed by atoms with Gasteiger partial charge in [-0.2, -0.15) is 0 Å². The number of amides is 1. The topological polar surface area (TPSA) is 96.5 Å². The Kier molecular flexibility index (Phi) is 4.94. The van der Waals surface area contributed by atoms with Crippen molar-refractivity contribution in [3.05, 3.63) is 23.8 Å². The fraction of sp³-hybridized carbons (Fsp3) is 0.462. The summed E-state index contributed by atoms with van der Waals surface area (Å²) in [5.74, 6) is -0.244. The third-order valence-corrected chi connectivity index (χ3v) is 4.81. The first kappa shape index (κ1) is 15.9. The molecule has 116 valence electrons. The maximum Gasteiger partial charge on any atom is 0.243 e. The average molecular weight is 313 g/mol. The molecule has 1 saturated heterocycles. The third kappa shape index (κ3) is 3.79. The molecule has 1 heterocycles. The molecule has 1 aliphatic rings. The molecular weight excluding hydrogens is 294 g/mol. The zero-order valence-electron chi connectivity index (χ0n) is 12.0. The van der Waals surface area contributed by atoms with E-state index in [0.717, 1.165) is 0 Å². The largest absolute Gasteiger partial charge is 0.378 e. The van der Waals surface area contributed by atoms with E-state index in [1.807, 2.05) is 0 Å². The lowest BCUT2D eigenvalue weighted by atomic mass is 10.2. The van der Waals surface area contributed by atoms with Crippen molar-refractivity contribution in [2.24, 2.45) is 0 Å². The van der Waals surface area contributed by atoms with Gasteiger partial charge in [-0.25, -0.2) is 13.1 Å². The molecule has 2 rings (SSSR count). The minimum Gasteiger partial charge on any atom is -0.378 e. The van der Waals surface area contributed by atoms with Crippen LogP contribution in [0.5, 0.6) is 0 Å². The van der Waals surface area contributed by atoms with Crippen LogP contribution in [0.1, 0.15) is 5.56 Å². The number of rotatable bonds is 4. The number of nitrogens with one attached hydrogen (secondary N) is 3. The molecule has 1 fully saturated rings.